The monoisotopic (exact) mass is 243 g/mol. The molecule has 0 fully saturated rings. The van der Waals surface area contributed by atoms with Gasteiger partial charge < -0.3 is 5.32 Å². The third-order valence-electron chi connectivity index (χ3n) is 2.15. The van der Waals surface area contributed by atoms with Gasteiger partial charge in [-0.05, 0) is 24.9 Å². The Morgan fingerprint density at radius 1 is 1.47 bits per heavy atom. The van der Waals surface area contributed by atoms with Crippen molar-refractivity contribution in [2.75, 3.05) is 12.8 Å². The lowest BCUT2D eigenvalue weighted by Crippen LogP contribution is -2.31. The lowest BCUT2D eigenvalue weighted by molar-refractivity contribution is 0.618. The second kappa shape index (κ2) is 5.92. The minimum absolute atomic E-state index is 0.366. The zero-order valence-corrected chi connectivity index (χ0v) is 11.7. The smallest absolute Gasteiger partial charge is 0.0203 e. The Labute approximate surface area is 102 Å². The van der Waals surface area contributed by atoms with Crippen molar-refractivity contribution < 1.29 is 0 Å². The minimum Gasteiger partial charge on any atom is -0.316 e. The maximum Gasteiger partial charge on any atom is 0.0203 e. The van der Waals surface area contributed by atoms with Crippen molar-refractivity contribution in [2.45, 2.75) is 38.0 Å². The van der Waals surface area contributed by atoms with E-state index in [-0.39, 0.29) is 0 Å². The van der Waals surface area contributed by atoms with Crippen molar-refractivity contribution in [3.63, 3.8) is 0 Å². The molecule has 0 aromatic carbocycles. The van der Waals surface area contributed by atoms with Crippen LogP contribution in [-0.4, -0.2) is 23.6 Å². The zero-order chi connectivity index (χ0) is 11.3. The summed E-state index contributed by atoms with van der Waals surface area (Å²) in [5.41, 5.74) is 0. The summed E-state index contributed by atoms with van der Waals surface area (Å²) in [5, 5.41) is 5.55. The Hall–Kier alpha value is 0.01000. The van der Waals surface area contributed by atoms with Crippen LogP contribution in [0.25, 0.3) is 0 Å². The van der Waals surface area contributed by atoms with Crippen LogP contribution in [0.15, 0.2) is 17.5 Å². The minimum atomic E-state index is 0.366. The highest BCUT2D eigenvalue weighted by Crippen LogP contribution is 2.24. The van der Waals surface area contributed by atoms with E-state index < -0.39 is 0 Å². The number of thioether (sulfide) groups is 1. The van der Waals surface area contributed by atoms with Gasteiger partial charge in [0.2, 0.25) is 0 Å². The molecule has 0 bridgehead atoms. The molecular weight excluding hydrogens is 222 g/mol. The number of hydrogen-bond acceptors (Lipinski definition) is 3. The van der Waals surface area contributed by atoms with Crippen LogP contribution in [-0.2, 0) is 6.42 Å². The Bertz CT molecular complexity index is 262. The second-order valence-electron chi connectivity index (χ2n) is 4.69. The van der Waals surface area contributed by atoms with Crippen molar-refractivity contribution in [1.82, 2.24) is 5.32 Å². The quantitative estimate of drug-likeness (QED) is 0.850. The summed E-state index contributed by atoms with van der Waals surface area (Å²) in [6.07, 6.45) is 1.15. The molecule has 1 N–H and O–H groups in total. The van der Waals surface area contributed by atoms with Crippen LogP contribution >= 0.6 is 23.1 Å². The largest absolute Gasteiger partial charge is 0.316 e. The van der Waals surface area contributed by atoms with E-state index in [9.17, 15) is 0 Å². The van der Waals surface area contributed by atoms with Crippen LogP contribution in [0.1, 0.15) is 25.6 Å². The predicted molar refractivity (Wildman–Crippen MR) is 73.1 cm³/mol. The maximum absolute atomic E-state index is 3.40. The standard InChI is InChI=1S/C12H21NS2/c1-12(2,3)15-9-10(13-4)8-11-6-5-7-14-11/h5-7,10,13H,8-9H2,1-4H3. The van der Waals surface area contributed by atoms with Gasteiger partial charge in [0.25, 0.3) is 0 Å². The summed E-state index contributed by atoms with van der Waals surface area (Å²) in [4.78, 5) is 1.48. The van der Waals surface area contributed by atoms with E-state index in [2.05, 4.69) is 50.6 Å². The number of hydrogen-bond donors (Lipinski definition) is 1. The van der Waals surface area contributed by atoms with Gasteiger partial charge in [-0.1, -0.05) is 26.8 Å². The molecule has 0 aliphatic rings. The van der Waals surface area contributed by atoms with E-state index >= 15 is 0 Å². The van der Waals surface area contributed by atoms with Crippen LogP contribution < -0.4 is 5.32 Å². The van der Waals surface area contributed by atoms with Crippen LogP contribution in [0.4, 0.5) is 0 Å². The van der Waals surface area contributed by atoms with Crippen molar-refractivity contribution >= 4 is 23.1 Å². The number of nitrogens with one attached hydrogen (secondary N) is 1. The maximum atomic E-state index is 3.40. The van der Waals surface area contributed by atoms with Gasteiger partial charge in [0.1, 0.15) is 0 Å². The normalized spacial score (nSPS) is 14.1. The Kier molecular flexibility index (Phi) is 5.16. The molecule has 1 rings (SSSR count). The summed E-state index contributed by atoms with van der Waals surface area (Å²) >= 11 is 3.88. The van der Waals surface area contributed by atoms with Crippen LogP contribution in [0.5, 0.6) is 0 Å². The van der Waals surface area contributed by atoms with Crippen LogP contribution in [0, 0.1) is 0 Å². The molecule has 0 aliphatic carbocycles. The van der Waals surface area contributed by atoms with Gasteiger partial charge in [0.15, 0.2) is 0 Å². The molecule has 1 atom stereocenters. The molecule has 1 unspecified atom stereocenters. The number of likely N-dealkylation sites (N-methyl/N-ethyl adjacent to an activating group) is 1. The topological polar surface area (TPSA) is 12.0 Å². The summed E-state index contributed by atoms with van der Waals surface area (Å²) in [7, 11) is 2.06. The van der Waals surface area contributed by atoms with Crippen molar-refractivity contribution in [1.29, 1.82) is 0 Å². The molecule has 0 radical (unpaired) electrons. The zero-order valence-electron chi connectivity index (χ0n) is 10.0. The van der Waals surface area contributed by atoms with Gasteiger partial charge in [-0.15, -0.1) is 11.3 Å². The molecule has 1 nitrogen and oxygen atoms in total. The molecule has 0 aliphatic heterocycles. The predicted octanol–water partition coefficient (Wildman–Crippen LogP) is 3.41. The van der Waals surface area contributed by atoms with Gasteiger partial charge in [-0.2, -0.15) is 11.8 Å². The molecule has 1 aromatic rings. The van der Waals surface area contributed by atoms with E-state index in [1.807, 2.05) is 23.1 Å². The van der Waals surface area contributed by atoms with Crippen molar-refractivity contribution in [3.05, 3.63) is 22.4 Å². The van der Waals surface area contributed by atoms with Gasteiger partial charge in [-0.3, -0.25) is 0 Å². The Balaban J connectivity index is 2.36. The lowest BCUT2D eigenvalue weighted by Gasteiger charge is -2.22. The fraction of sp³-hybridized carbons (Fsp3) is 0.667. The van der Waals surface area contributed by atoms with E-state index in [1.165, 1.54) is 10.6 Å². The number of thiophene rings is 1. The average molecular weight is 243 g/mol. The highest BCUT2D eigenvalue weighted by molar-refractivity contribution is 8.00. The van der Waals surface area contributed by atoms with E-state index in [1.54, 1.807) is 0 Å². The highest BCUT2D eigenvalue weighted by Gasteiger charge is 2.15. The molecule has 0 saturated carbocycles. The molecule has 0 spiro atoms. The van der Waals surface area contributed by atoms with Crippen molar-refractivity contribution in [2.24, 2.45) is 0 Å². The van der Waals surface area contributed by atoms with E-state index in [4.69, 9.17) is 0 Å². The molecular formula is C12H21NS2. The highest BCUT2D eigenvalue weighted by atomic mass is 32.2. The summed E-state index contributed by atoms with van der Waals surface area (Å²) in [6, 6.07) is 4.94. The molecule has 0 saturated heterocycles. The van der Waals surface area contributed by atoms with Gasteiger partial charge in [-0.25, -0.2) is 0 Å². The average Bonchev–Trinajstić information content (AvgIpc) is 2.63. The SMILES string of the molecule is CNC(CSC(C)(C)C)Cc1cccs1. The van der Waals surface area contributed by atoms with Crippen LogP contribution in [0.3, 0.4) is 0 Å². The molecule has 3 heteroatoms. The lowest BCUT2D eigenvalue weighted by atomic mass is 10.2. The third kappa shape index (κ3) is 5.59. The molecule has 0 amide bonds. The summed E-state index contributed by atoms with van der Waals surface area (Å²) in [6.45, 7) is 6.82. The number of rotatable bonds is 5. The fourth-order valence-electron chi connectivity index (χ4n) is 1.27. The second-order valence-corrected chi connectivity index (χ2v) is 7.57. The molecule has 15 heavy (non-hydrogen) atoms. The Morgan fingerprint density at radius 2 is 2.20 bits per heavy atom. The fourth-order valence-corrected chi connectivity index (χ4v) is 3.04. The first-order chi connectivity index (χ1) is 7.01. The van der Waals surface area contributed by atoms with E-state index in [0.717, 1.165) is 6.42 Å². The molecule has 1 aromatic heterocycles. The third-order valence-corrected chi connectivity index (χ3v) is 4.49. The summed E-state index contributed by atoms with van der Waals surface area (Å²) < 4.78 is 0.366. The summed E-state index contributed by atoms with van der Waals surface area (Å²) in [5.74, 6) is 1.18. The van der Waals surface area contributed by atoms with Gasteiger partial charge in [0, 0.05) is 21.4 Å². The van der Waals surface area contributed by atoms with Gasteiger partial charge >= 0.3 is 0 Å². The van der Waals surface area contributed by atoms with E-state index in [0.29, 0.717) is 10.8 Å². The molecule has 1 heterocycles. The van der Waals surface area contributed by atoms with Crippen LogP contribution in [0.2, 0.25) is 0 Å². The molecule has 86 valence electrons. The first-order valence-electron chi connectivity index (χ1n) is 5.35. The van der Waals surface area contributed by atoms with Gasteiger partial charge in [0.05, 0.1) is 0 Å². The first-order valence-corrected chi connectivity index (χ1v) is 7.21. The van der Waals surface area contributed by atoms with Crippen molar-refractivity contribution in [3.8, 4) is 0 Å². The first kappa shape index (κ1) is 13.1. The Morgan fingerprint density at radius 3 is 2.67 bits per heavy atom.